The highest BCUT2D eigenvalue weighted by atomic mass is 16.4. The third-order valence-corrected chi connectivity index (χ3v) is 2.67. The molecule has 0 spiro atoms. The molecule has 98 valence electrons. The average Bonchev–Trinajstić information content (AvgIpc) is 2.37. The SMILES string of the molecule is CNC(=N)N(C)c1ccc(C[C@H](N)C(=O)O)cc1. The minimum Gasteiger partial charge on any atom is -0.480 e. The second kappa shape index (κ2) is 6.02. The van der Waals surface area contributed by atoms with Crippen molar-refractivity contribution < 1.29 is 9.90 Å². The number of hydrogen-bond donors (Lipinski definition) is 4. The van der Waals surface area contributed by atoms with Crippen molar-refractivity contribution in [2.24, 2.45) is 5.73 Å². The van der Waals surface area contributed by atoms with Crippen LogP contribution in [0.3, 0.4) is 0 Å². The molecule has 0 unspecified atom stereocenters. The fourth-order valence-electron chi connectivity index (χ4n) is 1.49. The topological polar surface area (TPSA) is 102 Å². The van der Waals surface area contributed by atoms with Crippen LogP contribution < -0.4 is 16.0 Å². The Bertz CT molecular complexity index is 430. The van der Waals surface area contributed by atoms with E-state index in [-0.39, 0.29) is 5.96 Å². The molecule has 5 N–H and O–H groups in total. The van der Waals surface area contributed by atoms with E-state index in [1.54, 1.807) is 19.0 Å². The van der Waals surface area contributed by atoms with Gasteiger partial charge >= 0.3 is 5.97 Å². The predicted octanol–water partition coefficient (Wildman–Crippen LogP) is 0.231. The fourth-order valence-corrected chi connectivity index (χ4v) is 1.49. The number of nitrogens with two attached hydrogens (primary N) is 1. The van der Waals surface area contributed by atoms with E-state index in [0.717, 1.165) is 11.3 Å². The number of guanidine groups is 1. The lowest BCUT2D eigenvalue weighted by Crippen LogP contribution is -2.35. The van der Waals surface area contributed by atoms with Crippen LogP contribution in [0.1, 0.15) is 5.56 Å². The summed E-state index contributed by atoms with van der Waals surface area (Å²) in [5, 5.41) is 19.1. The summed E-state index contributed by atoms with van der Waals surface area (Å²) in [6.45, 7) is 0. The number of carbonyl (C=O) groups is 1. The van der Waals surface area contributed by atoms with Gasteiger partial charge in [-0.25, -0.2) is 0 Å². The van der Waals surface area contributed by atoms with Crippen LogP contribution in [0.2, 0.25) is 0 Å². The molecule has 1 atom stereocenters. The molecule has 0 aromatic heterocycles. The normalized spacial score (nSPS) is 11.7. The second-order valence-electron chi connectivity index (χ2n) is 3.97. The lowest BCUT2D eigenvalue weighted by Gasteiger charge is -2.19. The Morgan fingerprint density at radius 2 is 2.06 bits per heavy atom. The van der Waals surface area contributed by atoms with Gasteiger partial charge in [0.25, 0.3) is 0 Å². The van der Waals surface area contributed by atoms with Crippen LogP contribution in [0.5, 0.6) is 0 Å². The number of rotatable bonds is 4. The number of carboxylic acid groups (broad SMARTS) is 1. The number of benzene rings is 1. The van der Waals surface area contributed by atoms with Gasteiger partial charge < -0.3 is 21.1 Å². The van der Waals surface area contributed by atoms with E-state index in [4.69, 9.17) is 16.2 Å². The summed E-state index contributed by atoms with van der Waals surface area (Å²) in [6, 6.07) is 6.41. The molecule has 0 heterocycles. The van der Waals surface area contributed by atoms with Crippen molar-refractivity contribution in [3.8, 4) is 0 Å². The molecule has 6 heteroatoms. The maximum atomic E-state index is 10.6. The quantitative estimate of drug-likeness (QED) is 0.452. The Balaban J connectivity index is 2.74. The standard InChI is InChI=1S/C12H18N4O2/c1-15-12(14)16(2)9-5-3-8(4-6-9)7-10(13)11(17)18/h3-6,10H,7,13H2,1-2H3,(H2,14,15)(H,17,18)/t10-/m0/s1. The molecular formula is C12H18N4O2. The molecule has 18 heavy (non-hydrogen) atoms. The third-order valence-electron chi connectivity index (χ3n) is 2.67. The van der Waals surface area contributed by atoms with Crippen molar-refractivity contribution in [2.75, 3.05) is 19.0 Å². The van der Waals surface area contributed by atoms with Crippen molar-refractivity contribution in [3.63, 3.8) is 0 Å². The molecule has 0 fully saturated rings. The van der Waals surface area contributed by atoms with Gasteiger partial charge in [-0.05, 0) is 24.1 Å². The van der Waals surface area contributed by atoms with E-state index in [2.05, 4.69) is 5.32 Å². The molecule has 0 saturated heterocycles. The summed E-state index contributed by atoms with van der Waals surface area (Å²) in [4.78, 5) is 12.3. The van der Waals surface area contributed by atoms with Crippen LogP contribution in [0.25, 0.3) is 0 Å². The van der Waals surface area contributed by atoms with Gasteiger partial charge in [0.1, 0.15) is 6.04 Å². The van der Waals surface area contributed by atoms with Crippen LogP contribution in [-0.2, 0) is 11.2 Å². The van der Waals surface area contributed by atoms with Gasteiger partial charge in [-0.15, -0.1) is 0 Å². The van der Waals surface area contributed by atoms with Gasteiger partial charge in [0.15, 0.2) is 5.96 Å². The first-order chi connectivity index (χ1) is 8.45. The molecule has 0 aliphatic rings. The van der Waals surface area contributed by atoms with Crippen molar-refractivity contribution in [1.29, 1.82) is 5.41 Å². The molecule has 0 aliphatic carbocycles. The first-order valence-corrected chi connectivity index (χ1v) is 5.53. The largest absolute Gasteiger partial charge is 0.480 e. The Kier molecular flexibility index (Phi) is 4.67. The van der Waals surface area contributed by atoms with Crippen LogP contribution in [0, 0.1) is 5.41 Å². The van der Waals surface area contributed by atoms with Gasteiger partial charge in [0, 0.05) is 19.8 Å². The zero-order chi connectivity index (χ0) is 13.7. The number of carboxylic acids is 1. The minimum atomic E-state index is -1.01. The van der Waals surface area contributed by atoms with Crippen LogP contribution >= 0.6 is 0 Å². The van der Waals surface area contributed by atoms with Crippen molar-refractivity contribution in [1.82, 2.24) is 5.32 Å². The molecule has 0 saturated carbocycles. The zero-order valence-corrected chi connectivity index (χ0v) is 10.5. The molecule has 0 bridgehead atoms. The van der Waals surface area contributed by atoms with Gasteiger partial charge in [-0.1, -0.05) is 12.1 Å². The van der Waals surface area contributed by atoms with Crippen LogP contribution in [-0.4, -0.2) is 37.2 Å². The third kappa shape index (κ3) is 3.46. The van der Waals surface area contributed by atoms with Gasteiger partial charge in [-0.2, -0.15) is 0 Å². The van der Waals surface area contributed by atoms with Gasteiger partial charge in [0.05, 0.1) is 0 Å². The number of nitrogens with one attached hydrogen (secondary N) is 2. The maximum Gasteiger partial charge on any atom is 0.320 e. The number of anilines is 1. The highest BCUT2D eigenvalue weighted by molar-refractivity contribution is 5.92. The highest BCUT2D eigenvalue weighted by Crippen LogP contribution is 2.14. The smallest absolute Gasteiger partial charge is 0.320 e. The summed E-state index contributed by atoms with van der Waals surface area (Å²) >= 11 is 0. The summed E-state index contributed by atoms with van der Waals surface area (Å²) in [6.07, 6.45) is 0.294. The zero-order valence-electron chi connectivity index (χ0n) is 10.5. The van der Waals surface area contributed by atoms with Crippen molar-refractivity contribution in [2.45, 2.75) is 12.5 Å². The van der Waals surface area contributed by atoms with E-state index in [1.165, 1.54) is 0 Å². The van der Waals surface area contributed by atoms with Gasteiger partial charge in [0.2, 0.25) is 0 Å². The van der Waals surface area contributed by atoms with E-state index in [9.17, 15) is 4.79 Å². The van der Waals surface area contributed by atoms with E-state index < -0.39 is 12.0 Å². The van der Waals surface area contributed by atoms with Crippen LogP contribution in [0.4, 0.5) is 5.69 Å². The molecule has 0 radical (unpaired) electrons. The Morgan fingerprint density at radius 3 is 2.50 bits per heavy atom. The summed E-state index contributed by atoms with van der Waals surface area (Å²) in [5.41, 5.74) is 7.17. The monoisotopic (exact) mass is 250 g/mol. The van der Waals surface area contributed by atoms with Crippen LogP contribution in [0.15, 0.2) is 24.3 Å². The molecule has 1 aromatic rings. The highest BCUT2D eigenvalue weighted by Gasteiger charge is 2.12. The number of aliphatic carboxylic acids is 1. The first-order valence-electron chi connectivity index (χ1n) is 5.53. The van der Waals surface area contributed by atoms with E-state index >= 15 is 0 Å². The molecule has 1 aromatic carbocycles. The van der Waals surface area contributed by atoms with E-state index in [1.807, 2.05) is 24.3 Å². The molecule has 1 rings (SSSR count). The minimum absolute atomic E-state index is 0.282. The van der Waals surface area contributed by atoms with Crippen molar-refractivity contribution in [3.05, 3.63) is 29.8 Å². The summed E-state index contributed by atoms with van der Waals surface area (Å²) < 4.78 is 0. The van der Waals surface area contributed by atoms with Crippen molar-refractivity contribution >= 4 is 17.6 Å². The molecule has 0 aliphatic heterocycles. The Morgan fingerprint density at radius 1 is 1.50 bits per heavy atom. The van der Waals surface area contributed by atoms with E-state index in [0.29, 0.717) is 6.42 Å². The summed E-state index contributed by atoms with van der Waals surface area (Å²) in [5.74, 6) is -0.724. The fraction of sp³-hybridized carbons (Fsp3) is 0.333. The lowest BCUT2D eigenvalue weighted by molar-refractivity contribution is -0.138. The number of hydrogen-bond acceptors (Lipinski definition) is 3. The Labute approximate surface area is 106 Å². The Hall–Kier alpha value is -2.08. The molecular weight excluding hydrogens is 232 g/mol. The molecule has 6 nitrogen and oxygen atoms in total. The first kappa shape index (κ1) is 14.0. The predicted molar refractivity (Wildman–Crippen MR) is 70.9 cm³/mol. The second-order valence-corrected chi connectivity index (χ2v) is 3.97. The number of nitrogens with zero attached hydrogens (tertiary/aromatic N) is 1. The molecule has 0 amide bonds. The lowest BCUT2D eigenvalue weighted by atomic mass is 10.1. The summed E-state index contributed by atoms with van der Waals surface area (Å²) in [7, 11) is 3.45. The van der Waals surface area contributed by atoms with Gasteiger partial charge in [-0.3, -0.25) is 10.2 Å². The maximum absolute atomic E-state index is 10.6. The average molecular weight is 250 g/mol.